The number of hydrogen-bond acceptors (Lipinski definition) is 37. The van der Waals surface area contributed by atoms with E-state index in [4.69, 9.17) is 35.7 Å². The zero-order valence-electron chi connectivity index (χ0n) is 70.1. The second kappa shape index (κ2) is 51.1. The van der Waals surface area contributed by atoms with E-state index in [1.54, 1.807) is 145 Å². The average molecular weight is 1640 g/mol. The van der Waals surface area contributed by atoms with Crippen LogP contribution in [0.2, 0.25) is 0 Å². The Balaban J connectivity index is 0.000000179. The van der Waals surface area contributed by atoms with Crippen LogP contribution in [0.25, 0.3) is 66.9 Å². The van der Waals surface area contributed by atoms with E-state index in [-0.39, 0.29) is 0 Å². The van der Waals surface area contributed by atoms with E-state index in [0.717, 1.165) is 127 Å². The third-order valence-corrected chi connectivity index (χ3v) is 14.3. The van der Waals surface area contributed by atoms with Crippen LogP contribution in [-0.4, -0.2) is 175 Å². The van der Waals surface area contributed by atoms with Crippen molar-refractivity contribution < 1.29 is 35.7 Å². The topological polar surface area (TPSA) is 500 Å². The minimum Gasteiger partial charge on any atom is -0.479 e. The Bertz CT molecular complexity index is 5380. The maximum atomic E-state index is 5.39. The first-order valence-electron chi connectivity index (χ1n) is 36.8. The van der Waals surface area contributed by atoms with Gasteiger partial charge in [0.15, 0.2) is 92.3 Å². The lowest BCUT2D eigenvalue weighted by atomic mass is 10.2. The molecule has 1 aliphatic heterocycles. The van der Waals surface area contributed by atoms with Crippen molar-refractivity contribution in [3.8, 4) is 0 Å². The van der Waals surface area contributed by atoms with Gasteiger partial charge in [-0.2, -0.15) is 25.2 Å². The van der Waals surface area contributed by atoms with E-state index in [9.17, 15) is 0 Å². The van der Waals surface area contributed by atoms with Crippen molar-refractivity contribution in [3.05, 3.63) is 290 Å². The zero-order chi connectivity index (χ0) is 86.9. The normalized spacial score (nSPS) is 10.3. The fourth-order valence-corrected chi connectivity index (χ4v) is 8.82. The Morgan fingerprint density at radius 3 is 1.47 bits per heavy atom. The number of fused-ring (bicyclic) bond motifs is 6. The Hall–Kier alpha value is -15.9. The molecule has 21 rings (SSSR count). The van der Waals surface area contributed by atoms with Gasteiger partial charge >= 0.3 is 0 Å². The van der Waals surface area contributed by atoms with Crippen LogP contribution in [0.5, 0.6) is 0 Å². The van der Waals surface area contributed by atoms with Crippen LogP contribution >= 0.6 is 0 Å². The zero-order valence-corrected chi connectivity index (χ0v) is 70.1. The van der Waals surface area contributed by atoms with Gasteiger partial charge in [-0.1, -0.05) is 29.5 Å². The van der Waals surface area contributed by atoms with Gasteiger partial charge in [-0.25, -0.2) is 64.5 Å². The van der Waals surface area contributed by atoms with Crippen molar-refractivity contribution >= 4 is 72.8 Å². The number of para-hydroxylation sites is 3. The summed E-state index contributed by atoms with van der Waals surface area (Å²) in [5.41, 5.74) is 13.8. The summed E-state index contributed by atoms with van der Waals surface area (Å²) in [6.45, 7) is 31.3. The Morgan fingerprint density at radius 1 is 0.380 bits per heavy atom. The molecule has 40 heteroatoms. The number of pyridine rings is 4. The Labute approximate surface area is 693 Å². The van der Waals surface area contributed by atoms with Crippen LogP contribution in [0.3, 0.4) is 0 Å². The first-order chi connectivity index (χ1) is 58.4. The largest absolute Gasteiger partial charge is 0.479 e. The van der Waals surface area contributed by atoms with Gasteiger partial charge in [-0.05, 0) is 149 Å². The molecule has 0 spiro atoms. The highest BCUT2D eigenvalue weighted by molar-refractivity contribution is 5.76. The maximum Gasteiger partial charge on any atom is 0.246 e. The molecule has 19 heterocycles. The molecule has 20 aromatic rings. The van der Waals surface area contributed by atoms with Crippen molar-refractivity contribution in [3.63, 3.8) is 0 Å². The number of benzene rings is 2. The van der Waals surface area contributed by atoms with Crippen molar-refractivity contribution in [2.24, 2.45) is 19.1 Å². The van der Waals surface area contributed by atoms with Crippen molar-refractivity contribution in [2.75, 3.05) is 13.2 Å². The van der Waals surface area contributed by atoms with E-state index in [0.29, 0.717) is 46.6 Å². The number of hydrogen-bond donors (Lipinski definition) is 1. The smallest absolute Gasteiger partial charge is 0.246 e. The molecular formula is C81H92N32O8. The van der Waals surface area contributed by atoms with Gasteiger partial charge in [-0.3, -0.25) is 24.9 Å². The molecule has 40 nitrogen and oxygen atoms in total. The standard InChI is InChI=1S/C9H9NO.C8H7NO.4C7H6N2O.4C5H6N2.C4H7NO.C4H5NO.2C3H6N4.C2H4N4/c1-6-4-3-5-8-9(6)11-7(2)10-8;1-6-9-7-4-2-3-5-8(7)10-6;1-5-9-6-4-8-3-2-7(6)10-5;1-5-9-6-2-3-8-4-7(6)10-5;1-5-9-7-6(10-5)3-2-4-8-7;1-5-9-6-3-2-4-8-7(6)10-5;1-5-4-6-2-3-7-5;1-5-2-3-6-4-7-5;1-5-6-3-2-4-7-5;1-5-3-2-4-6-7-5;2*1-4-5-2-3-6-4;1-3-4-5-6-7(3)2;1-3-4-6-7(2)5-3;1-2-3-5-6-4-2/h3-5H,1-2H3;2-5H,1H3;4*2-4H,1H3;4*2-4H,1H3;2-3H2,1H3;2-3H,1H3;2*1-2H3;1H3,(H,3,4,5,6). The molecule has 0 aliphatic carbocycles. The number of H-pyrrole nitrogens is 1. The fraction of sp³-hybridized carbons (Fsp3) is 0.247. The average Bonchev–Trinajstić information content (AvgIpc) is 1.71. The first-order valence-corrected chi connectivity index (χ1v) is 36.8. The summed E-state index contributed by atoms with van der Waals surface area (Å²) in [7, 11) is 3.54. The number of nitrogens with zero attached hydrogens (tertiary/aromatic N) is 31. The third-order valence-electron chi connectivity index (χ3n) is 14.3. The van der Waals surface area contributed by atoms with Crippen LogP contribution in [0, 0.1) is 104 Å². The molecule has 0 unspecified atom stereocenters. The quantitative estimate of drug-likeness (QED) is 0.147. The van der Waals surface area contributed by atoms with Crippen LogP contribution in [0.4, 0.5) is 0 Å². The lowest BCUT2D eigenvalue weighted by Crippen LogP contribution is -1.92. The summed E-state index contributed by atoms with van der Waals surface area (Å²) >= 11 is 0. The number of aromatic nitrogens is 31. The van der Waals surface area contributed by atoms with Crippen molar-refractivity contribution in [1.82, 2.24) is 156 Å². The van der Waals surface area contributed by atoms with Gasteiger partial charge < -0.3 is 35.7 Å². The molecular weight excluding hydrogens is 1550 g/mol. The van der Waals surface area contributed by atoms with Crippen molar-refractivity contribution in [2.45, 2.75) is 111 Å². The van der Waals surface area contributed by atoms with Crippen LogP contribution < -0.4 is 0 Å². The lowest BCUT2D eigenvalue weighted by Gasteiger charge is -1.89. The molecule has 1 N–H and O–H groups in total. The number of ether oxygens (including phenoxy) is 1. The van der Waals surface area contributed by atoms with E-state index < -0.39 is 0 Å². The summed E-state index contributed by atoms with van der Waals surface area (Å²) in [4.78, 5) is 72.6. The summed E-state index contributed by atoms with van der Waals surface area (Å²) < 4.78 is 42.6. The number of aliphatic imine (C=N–C) groups is 1. The van der Waals surface area contributed by atoms with Gasteiger partial charge in [0.05, 0.1) is 43.6 Å². The number of rotatable bonds is 0. The lowest BCUT2D eigenvalue weighted by molar-refractivity contribution is 0.345. The predicted octanol–water partition coefficient (Wildman–Crippen LogP) is 13.8. The molecule has 0 bridgehead atoms. The molecule has 0 atom stereocenters. The molecule has 0 amide bonds. The Kier molecular flexibility index (Phi) is 39.0. The van der Waals surface area contributed by atoms with Crippen LogP contribution in [0.1, 0.15) is 94.1 Å². The Morgan fingerprint density at radius 2 is 1.00 bits per heavy atom. The number of aromatic amines is 1. The summed E-state index contributed by atoms with van der Waals surface area (Å²) in [5, 5.41) is 41.7. The molecule has 121 heavy (non-hydrogen) atoms. The molecule has 0 saturated heterocycles. The maximum absolute atomic E-state index is 5.39. The minimum atomic E-state index is 0.611. The number of aryl methyl sites for hydroxylation is 17. The van der Waals surface area contributed by atoms with Gasteiger partial charge in [0.2, 0.25) is 5.71 Å². The molecule has 2 aromatic carbocycles. The highest BCUT2D eigenvalue weighted by Gasteiger charge is 2.05. The molecule has 0 fully saturated rings. The highest BCUT2D eigenvalue weighted by atomic mass is 16.5. The molecule has 0 radical (unpaired) electrons. The van der Waals surface area contributed by atoms with E-state index >= 15 is 0 Å². The van der Waals surface area contributed by atoms with E-state index in [1.165, 1.54) is 11.1 Å². The van der Waals surface area contributed by atoms with Gasteiger partial charge in [0.25, 0.3) is 0 Å². The van der Waals surface area contributed by atoms with E-state index in [2.05, 4.69) is 151 Å². The molecule has 18 aromatic heterocycles. The van der Waals surface area contributed by atoms with Crippen LogP contribution in [0.15, 0.2) is 238 Å². The summed E-state index contributed by atoms with van der Waals surface area (Å²) in [6.07, 6.45) is 26.7. The monoisotopic (exact) mass is 1640 g/mol. The fourth-order valence-electron chi connectivity index (χ4n) is 8.82. The van der Waals surface area contributed by atoms with Crippen molar-refractivity contribution in [1.29, 1.82) is 0 Å². The molecule has 624 valence electrons. The second-order valence-electron chi connectivity index (χ2n) is 24.4. The van der Waals surface area contributed by atoms with Gasteiger partial charge in [0.1, 0.15) is 58.4 Å². The number of tetrazole rings is 3. The SMILES string of the molecule is CC1=NCCO1.Cc1cccnn1.Cc1ccncn1.Cc1cnccn1.Cc1nc2cccc(C)c2o1.Cc1nc2ccccc2o1.Cc1nc2cccnc2o1.Cc1nc2ccncc2o1.Cc1nc2cnccc2o1.Cc1nc2ncccc2o1.Cc1ncccn1.Cc1ncco1.Cc1nn[nH]n1.Cc1nnn(C)n1.Cc1nnnn1C. The second-order valence-corrected chi connectivity index (χ2v) is 24.4. The summed E-state index contributed by atoms with van der Waals surface area (Å²) in [5.74, 6) is 8.73. The van der Waals surface area contributed by atoms with E-state index in [1.807, 2.05) is 181 Å². The number of nitrogens with one attached hydrogen (secondary N) is 1. The minimum absolute atomic E-state index is 0.611. The first kappa shape index (κ1) is 92.2. The highest BCUT2D eigenvalue weighted by Crippen LogP contribution is 2.19. The number of oxazole rings is 7. The third kappa shape index (κ3) is 36.2. The molecule has 0 saturated carbocycles. The molecule has 1 aliphatic rings. The van der Waals surface area contributed by atoms with Crippen LogP contribution in [-0.2, 0) is 18.8 Å². The van der Waals surface area contributed by atoms with Gasteiger partial charge in [-0.15, -0.1) is 25.5 Å². The van der Waals surface area contributed by atoms with Gasteiger partial charge in [0, 0.05) is 142 Å². The summed E-state index contributed by atoms with van der Waals surface area (Å²) in [6, 6.07) is 32.1. The predicted molar refractivity (Wildman–Crippen MR) is 447 cm³/mol.